The van der Waals surface area contributed by atoms with Crippen LogP contribution in [-0.4, -0.2) is 16.4 Å². The Kier molecular flexibility index (Phi) is 8.93. The van der Waals surface area contributed by atoms with Crippen LogP contribution in [-0.2, 0) is 25.9 Å². The highest BCUT2D eigenvalue weighted by Crippen LogP contribution is 2.30. The Morgan fingerprint density at radius 2 is 1.50 bits per heavy atom. The summed E-state index contributed by atoms with van der Waals surface area (Å²) in [5.74, 6) is 0.965. The maximum Gasteiger partial charge on any atom is 0.0710 e. The molecule has 0 bridgehead atoms. The minimum atomic E-state index is 0.965. The van der Waals surface area contributed by atoms with E-state index in [9.17, 15) is 0 Å². The Morgan fingerprint density at radius 1 is 0.794 bits per heavy atom. The predicted molar refractivity (Wildman–Crippen MR) is 145 cm³/mol. The zero-order valence-electron chi connectivity index (χ0n) is 21.5. The maximum absolute atomic E-state index is 5.14. The first-order valence-corrected chi connectivity index (χ1v) is 13.5. The predicted octanol–water partition coefficient (Wildman–Crippen LogP) is 8.15. The van der Waals surface area contributed by atoms with E-state index in [-0.39, 0.29) is 0 Å². The summed E-state index contributed by atoms with van der Waals surface area (Å²) >= 11 is 0. The van der Waals surface area contributed by atoms with E-state index >= 15 is 0 Å². The van der Waals surface area contributed by atoms with Gasteiger partial charge in [-0.3, -0.25) is 9.88 Å². The number of aromatic nitrogens is 1. The second kappa shape index (κ2) is 12.3. The van der Waals surface area contributed by atoms with Gasteiger partial charge in [-0.25, -0.2) is 0 Å². The van der Waals surface area contributed by atoms with Gasteiger partial charge in [0.1, 0.15) is 0 Å². The van der Waals surface area contributed by atoms with Crippen LogP contribution in [0.5, 0.6) is 0 Å². The molecule has 34 heavy (non-hydrogen) atoms. The second-order valence-electron chi connectivity index (χ2n) is 10.1. The van der Waals surface area contributed by atoms with Crippen LogP contribution in [0.4, 0.5) is 0 Å². The Morgan fingerprint density at radius 3 is 2.15 bits per heavy atom. The molecule has 1 saturated carbocycles. The van der Waals surface area contributed by atoms with Gasteiger partial charge in [0.2, 0.25) is 0 Å². The number of rotatable bonds is 11. The molecule has 1 heterocycles. The number of hydrogen-bond donors (Lipinski definition) is 0. The van der Waals surface area contributed by atoms with Gasteiger partial charge in [-0.2, -0.15) is 0 Å². The highest BCUT2D eigenvalue weighted by atomic mass is 15.1. The third-order valence-corrected chi connectivity index (χ3v) is 7.65. The van der Waals surface area contributed by atoms with E-state index < -0.39 is 0 Å². The Bertz CT molecular complexity index is 1010. The molecule has 2 aromatic carbocycles. The summed E-state index contributed by atoms with van der Waals surface area (Å²) < 4.78 is 0. The molecule has 0 amide bonds. The molecule has 2 nitrogen and oxygen atoms in total. The lowest BCUT2D eigenvalue weighted by molar-refractivity contribution is 0.243. The van der Waals surface area contributed by atoms with E-state index in [0.717, 1.165) is 44.1 Å². The minimum Gasteiger partial charge on any atom is -0.295 e. The number of aryl methyl sites for hydroxylation is 3. The lowest BCUT2D eigenvalue weighted by Gasteiger charge is -2.24. The van der Waals surface area contributed by atoms with Crippen molar-refractivity contribution < 1.29 is 0 Å². The quantitative estimate of drug-likeness (QED) is 0.290. The molecule has 0 atom stereocenters. The molecular formula is C32H42N2. The molecule has 0 aliphatic heterocycles. The lowest BCUT2D eigenvalue weighted by Crippen LogP contribution is -2.25. The monoisotopic (exact) mass is 454 g/mol. The van der Waals surface area contributed by atoms with Gasteiger partial charge < -0.3 is 0 Å². The van der Waals surface area contributed by atoms with Crippen LogP contribution in [0.25, 0.3) is 11.3 Å². The summed E-state index contributed by atoms with van der Waals surface area (Å²) in [7, 11) is 0. The van der Waals surface area contributed by atoms with Gasteiger partial charge in [0.25, 0.3) is 0 Å². The van der Waals surface area contributed by atoms with Crippen molar-refractivity contribution >= 4 is 0 Å². The molecule has 2 heteroatoms. The van der Waals surface area contributed by atoms with Crippen molar-refractivity contribution in [1.29, 1.82) is 0 Å². The number of pyridine rings is 1. The molecule has 1 aromatic heterocycles. The van der Waals surface area contributed by atoms with Crippen LogP contribution in [0, 0.1) is 12.8 Å². The van der Waals surface area contributed by atoms with E-state index in [0.29, 0.717) is 0 Å². The fourth-order valence-corrected chi connectivity index (χ4v) is 5.67. The molecule has 0 unspecified atom stereocenters. The summed E-state index contributed by atoms with van der Waals surface area (Å²) in [4.78, 5) is 7.77. The van der Waals surface area contributed by atoms with Gasteiger partial charge in [-0.05, 0) is 73.4 Å². The second-order valence-corrected chi connectivity index (χ2v) is 10.1. The normalized spacial score (nSPS) is 14.2. The van der Waals surface area contributed by atoms with E-state index in [1.54, 1.807) is 0 Å². The van der Waals surface area contributed by atoms with Crippen LogP contribution in [0.15, 0.2) is 60.7 Å². The van der Waals surface area contributed by atoms with Gasteiger partial charge in [-0.1, -0.05) is 94.1 Å². The van der Waals surface area contributed by atoms with Crippen molar-refractivity contribution in [2.24, 2.45) is 5.92 Å². The molecule has 0 saturated heterocycles. The highest BCUT2D eigenvalue weighted by Gasteiger charge is 2.17. The van der Waals surface area contributed by atoms with Crippen LogP contribution >= 0.6 is 0 Å². The summed E-state index contributed by atoms with van der Waals surface area (Å²) in [5.41, 5.74) is 9.20. The molecule has 1 fully saturated rings. The minimum absolute atomic E-state index is 0.965. The maximum atomic E-state index is 5.14. The van der Waals surface area contributed by atoms with Crippen LogP contribution in [0.2, 0.25) is 0 Å². The van der Waals surface area contributed by atoms with Crippen molar-refractivity contribution in [1.82, 2.24) is 9.88 Å². The third kappa shape index (κ3) is 6.36. The highest BCUT2D eigenvalue weighted by molar-refractivity contribution is 5.68. The zero-order chi connectivity index (χ0) is 23.8. The Balaban J connectivity index is 1.51. The summed E-state index contributed by atoms with van der Waals surface area (Å²) in [6.07, 6.45) is 10.5. The summed E-state index contributed by atoms with van der Waals surface area (Å²) in [6.45, 7) is 9.81. The van der Waals surface area contributed by atoms with Gasteiger partial charge in [0, 0.05) is 24.3 Å². The van der Waals surface area contributed by atoms with Gasteiger partial charge in [0.05, 0.1) is 5.69 Å². The summed E-state index contributed by atoms with van der Waals surface area (Å²) in [6, 6.07) is 22.2. The smallest absolute Gasteiger partial charge is 0.0710 e. The number of benzene rings is 2. The SMILES string of the molecule is CCc1cccc(CC)c1-c1ccc(CN(CCCC2CCCC2)Cc2ccccc2)c(C)n1. The van der Waals surface area contributed by atoms with Crippen molar-refractivity contribution in [3.05, 3.63) is 88.6 Å². The zero-order valence-corrected chi connectivity index (χ0v) is 21.5. The first-order valence-electron chi connectivity index (χ1n) is 13.5. The first-order chi connectivity index (χ1) is 16.7. The van der Waals surface area contributed by atoms with Crippen molar-refractivity contribution in [2.75, 3.05) is 6.54 Å². The molecule has 3 aromatic rings. The molecule has 1 aliphatic rings. The topological polar surface area (TPSA) is 16.1 Å². The summed E-state index contributed by atoms with van der Waals surface area (Å²) in [5, 5.41) is 0. The molecule has 0 radical (unpaired) electrons. The van der Waals surface area contributed by atoms with Crippen molar-refractivity contribution in [2.45, 2.75) is 85.2 Å². The van der Waals surface area contributed by atoms with Crippen LogP contribution < -0.4 is 0 Å². The van der Waals surface area contributed by atoms with Gasteiger partial charge >= 0.3 is 0 Å². The van der Waals surface area contributed by atoms with Crippen molar-refractivity contribution in [3.8, 4) is 11.3 Å². The Hall–Kier alpha value is -2.45. The van der Waals surface area contributed by atoms with E-state index in [1.165, 1.54) is 72.0 Å². The Labute approximate surface area is 207 Å². The van der Waals surface area contributed by atoms with Crippen molar-refractivity contribution in [3.63, 3.8) is 0 Å². The standard InChI is InChI=1S/C32H42N2/c1-4-28-18-11-19-29(5-2)32(28)31-21-20-30(25(3)33-31)24-34(23-27-15-7-6-8-16-27)22-12-17-26-13-9-10-14-26/h6-8,11,15-16,18-21,26H,4-5,9-10,12-14,17,22-24H2,1-3H3. The van der Waals surface area contributed by atoms with E-state index in [1.807, 2.05) is 0 Å². The van der Waals surface area contributed by atoms with Gasteiger partial charge in [0.15, 0.2) is 0 Å². The molecule has 0 N–H and O–H groups in total. The number of nitrogens with zero attached hydrogens (tertiary/aromatic N) is 2. The van der Waals surface area contributed by atoms with E-state index in [4.69, 9.17) is 4.98 Å². The largest absolute Gasteiger partial charge is 0.295 e. The lowest BCUT2D eigenvalue weighted by atomic mass is 9.94. The number of hydrogen-bond acceptors (Lipinski definition) is 2. The molecule has 0 spiro atoms. The van der Waals surface area contributed by atoms with Gasteiger partial charge in [-0.15, -0.1) is 0 Å². The average Bonchev–Trinajstić information content (AvgIpc) is 3.39. The fraction of sp³-hybridized carbons (Fsp3) is 0.469. The molecular weight excluding hydrogens is 412 g/mol. The third-order valence-electron chi connectivity index (χ3n) is 7.65. The fourth-order valence-electron chi connectivity index (χ4n) is 5.67. The average molecular weight is 455 g/mol. The van der Waals surface area contributed by atoms with Crippen LogP contribution in [0.1, 0.15) is 80.3 Å². The van der Waals surface area contributed by atoms with E-state index in [2.05, 4.69) is 86.3 Å². The molecule has 1 aliphatic carbocycles. The molecule has 4 rings (SSSR count). The first kappa shape index (κ1) is 24.7. The van der Waals surface area contributed by atoms with Crippen LogP contribution in [0.3, 0.4) is 0 Å². The molecule has 180 valence electrons.